The largest absolute Gasteiger partial charge is 0.456 e. The van der Waals surface area contributed by atoms with Crippen LogP contribution in [0.2, 0.25) is 10.0 Å². The molecular formula is C45H44Cl2N8O4. The Balaban J connectivity index is 0.000000179. The quantitative estimate of drug-likeness (QED) is 0.104. The molecule has 14 heteroatoms. The second-order valence-electron chi connectivity index (χ2n) is 14.5. The van der Waals surface area contributed by atoms with Gasteiger partial charge in [-0.25, -0.2) is 19.9 Å². The second kappa shape index (κ2) is 17.4. The fourth-order valence-electron chi connectivity index (χ4n) is 6.69. The van der Waals surface area contributed by atoms with E-state index in [2.05, 4.69) is 69.2 Å². The van der Waals surface area contributed by atoms with Crippen LogP contribution in [0.5, 0.6) is 23.0 Å². The number of benzene rings is 4. The molecule has 12 nitrogen and oxygen atoms in total. The van der Waals surface area contributed by atoms with Crippen LogP contribution in [-0.4, -0.2) is 39.3 Å². The highest BCUT2D eigenvalue weighted by Crippen LogP contribution is 2.38. The zero-order chi connectivity index (χ0) is 42.0. The zero-order valence-corrected chi connectivity index (χ0v) is 34.6. The van der Waals surface area contributed by atoms with Gasteiger partial charge in [-0.05, 0) is 105 Å². The lowest BCUT2D eigenvalue weighted by Crippen LogP contribution is -2.00. The van der Waals surface area contributed by atoms with Gasteiger partial charge in [-0.3, -0.25) is 0 Å². The lowest BCUT2D eigenvalue weighted by Gasteiger charge is -2.11. The van der Waals surface area contributed by atoms with E-state index in [9.17, 15) is 10.2 Å². The number of nitrogens with zero attached hydrogens (tertiary/aromatic N) is 6. The molecule has 4 aromatic carbocycles. The summed E-state index contributed by atoms with van der Waals surface area (Å²) >= 11 is 12.5. The maximum absolute atomic E-state index is 9.68. The number of nitrogens with two attached hydrogens (primary N) is 2. The third kappa shape index (κ3) is 8.67. The van der Waals surface area contributed by atoms with Gasteiger partial charge in [-0.15, -0.1) is 0 Å². The normalized spacial score (nSPS) is 11.9. The molecule has 8 aromatic rings. The van der Waals surface area contributed by atoms with E-state index >= 15 is 0 Å². The topological polar surface area (TPSA) is 172 Å². The standard InChI is InChI=1S/C23H23ClN4O2.C22H21ClN4O2/c1-13(2)28-11-18(21-22(25)26-12-27-23(21)28)15-4-7-17(8-5-15)30-20-9-6-16(14(3)29)10-19(20)24;1-13(2)27-10-17(20-21(24)25-12-26-22(20)27)15-4-6-16(7-5-15)29-19-8-3-14(11-28)9-18(19)23/h4-14,29H,1-3H3,(H2,25,26,27);3-10,12-13,28H,11H2,1-2H3,(H2,24,25,26). The highest BCUT2D eigenvalue weighted by atomic mass is 35.5. The fourth-order valence-corrected chi connectivity index (χ4v) is 7.16. The number of hydrogen-bond donors (Lipinski definition) is 4. The minimum absolute atomic E-state index is 0.0640. The number of rotatable bonds is 10. The van der Waals surface area contributed by atoms with Crippen LogP contribution < -0.4 is 20.9 Å². The van der Waals surface area contributed by atoms with Crippen molar-refractivity contribution in [1.82, 2.24) is 29.1 Å². The first-order valence-electron chi connectivity index (χ1n) is 19.0. The number of aromatic nitrogens is 6. The molecule has 1 atom stereocenters. The molecule has 1 unspecified atom stereocenters. The summed E-state index contributed by atoms with van der Waals surface area (Å²) in [4.78, 5) is 17.2. The second-order valence-corrected chi connectivity index (χ2v) is 15.4. The minimum Gasteiger partial charge on any atom is -0.456 e. The van der Waals surface area contributed by atoms with Crippen LogP contribution in [0.4, 0.5) is 11.6 Å². The molecule has 4 heterocycles. The van der Waals surface area contributed by atoms with Crippen LogP contribution in [0, 0.1) is 0 Å². The van der Waals surface area contributed by atoms with Crippen LogP contribution in [0.3, 0.4) is 0 Å². The van der Waals surface area contributed by atoms with Crippen molar-refractivity contribution in [1.29, 1.82) is 0 Å². The average molecular weight is 832 g/mol. The summed E-state index contributed by atoms with van der Waals surface area (Å²) in [5.41, 5.74) is 19.4. The molecule has 0 aliphatic heterocycles. The van der Waals surface area contributed by atoms with E-state index in [4.69, 9.17) is 44.1 Å². The van der Waals surface area contributed by atoms with Crippen LogP contribution in [0.1, 0.15) is 63.9 Å². The van der Waals surface area contributed by atoms with Crippen molar-refractivity contribution in [2.75, 3.05) is 11.5 Å². The van der Waals surface area contributed by atoms with Crippen molar-refractivity contribution in [3.05, 3.63) is 131 Å². The summed E-state index contributed by atoms with van der Waals surface area (Å²) in [5, 5.41) is 21.5. The summed E-state index contributed by atoms with van der Waals surface area (Å²) in [7, 11) is 0. The first-order valence-corrected chi connectivity index (χ1v) is 19.7. The smallest absolute Gasteiger partial charge is 0.146 e. The van der Waals surface area contributed by atoms with Crippen molar-refractivity contribution < 1.29 is 19.7 Å². The van der Waals surface area contributed by atoms with Crippen LogP contribution in [0.25, 0.3) is 44.3 Å². The highest BCUT2D eigenvalue weighted by Gasteiger charge is 2.18. The summed E-state index contributed by atoms with van der Waals surface area (Å²) in [6, 6.07) is 26.4. The average Bonchev–Trinajstić information content (AvgIpc) is 3.82. The molecule has 0 saturated carbocycles. The third-order valence-corrected chi connectivity index (χ3v) is 10.4. The minimum atomic E-state index is -0.583. The molecular weight excluding hydrogens is 787 g/mol. The highest BCUT2D eigenvalue weighted by molar-refractivity contribution is 6.32. The van der Waals surface area contributed by atoms with E-state index in [1.54, 1.807) is 43.3 Å². The van der Waals surface area contributed by atoms with E-state index in [0.717, 1.165) is 55.4 Å². The number of aliphatic hydroxyl groups is 2. The summed E-state index contributed by atoms with van der Waals surface area (Å²) in [6.07, 6.45) is 6.51. The van der Waals surface area contributed by atoms with Crippen LogP contribution >= 0.6 is 23.2 Å². The first-order chi connectivity index (χ1) is 28.3. The molecule has 0 bridgehead atoms. The molecule has 0 fully saturated rings. The van der Waals surface area contributed by atoms with E-state index in [0.29, 0.717) is 44.7 Å². The number of fused-ring (bicyclic) bond motifs is 2. The number of anilines is 2. The molecule has 59 heavy (non-hydrogen) atoms. The Morgan fingerprint density at radius 1 is 0.610 bits per heavy atom. The van der Waals surface area contributed by atoms with Gasteiger partial charge in [0.25, 0.3) is 0 Å². The Kier molecular flexibility index (Phi) is 12.1. The Bertz CT molecular complexity index is 2750. The molecule has 0 aliphatic carbocycles. The molecule has 0 saturated heterocycles. The molecule has 0 radical (unpaired) electrons. The van der Waals surface area contributed by atoms with Gasteiger partial charge >= 0.3 is 0 Å². The number of ether oxygens (including phenoxy) is 2. The predicted molar refractivity (Wildman–Crippen MR) is 235 cm³/mol. The molecule has 8 rings (SSSR count). The third-order valence-electron chi connectivity index (χ3n) is 9.79. The summed E-state index contributed by atoms with van der Waals surface area (Å²) < 4.78 is 16.0. The number of aliphatic hydroxyl groups excluding tert-OH is 2. The fraction of sp³-hybridized carbons (Fsp3) is 0.200. The zero-order valence-electron chi connectivity index (χ0n) is 33.1. The Morgan fingerprint density at radius 3 is 1.44 bits per heavy atom. The summed E-state index contributed by atoms with van der Waals surface area (Å²) in [6.45, 7) is 10.0. The SMILES string of the molecule is CC(C)n1cc(-c2ccc(Oc3ccc(CO)cc3Cl)cc2)c2c(N)ncnc21.CC(O)c1ccc(Oc2ccc(-c3cn(C(C)C)c4ncnc(N)c34)cc2)c(Cl)c1. The van der Waals surface area contributed by atoms with Gasteiger partial charge in [-0.1, -0.05) is 59.6 Å². The van der Waals surface area contributed by atoms with Gasteiger partial charge in [-0.2, -0.15) is 0 Å². The van der Waals surface area contributed by atoms with Gasteiger partial charge in [0.2, 0.25) is 0 Å². The molecule has 4 aromatic heterocycles. The van der Waals surface area contributed by atoms with Gasteiger partial charge < -0.3 is 40.3 Å². The van der Waals surface area contributed by atoms with Crippen LogP contribution in [0.15, 0.2) is 110 Å². The van der Waals surface area contributed by atoms with Gasteiger partial charge in [0.15, 0.2) is 0 Å². The Labute approximate surface area is 351 Å². The Hall–Kier alpha value is -6.18. The number of halogens is 2. The maximum atomic E-state index is 9.68. The molecule has 302 valence electrons. The van der Waals surface area contributed by atoms with Gasteiger partial charge in [0.05, 0.1) is 33.5 Å². The van der Waals surface area contributed by atoms with Gasteiger partial charge in [0.1, 0.15) is 58.6 Å². The summed E-state index contributed by atoms with van der Waals surface area (Å²) in [5.74, 6) is 3.29. The molecule has 0 spiro atoms. The lowest BCUT2D eigenvalue weighted by atomic mass is 10.1. The van der Waals surface area contributed by atoms with Crippen molar-refractivity contribution in [3.63, 3.8) is 0 Å². The molecule has 6 N–H and O–H groups in total. The van der Waals surface area contributed by atoms with Crippen molar-refractivity contribution >= 4 is 56.9 Å². The molecule has 0 aliphatic rings. The molecule has 0 amide bonds. The van der Waals surface area contributed by atoms with E-state index < -0.39 is 6.10 Å². The van der Waals surface area contributed by atoms with E-state index in [-0.39, 0.29) is 18.7 Å². The monoisotopic (exact) mass is 830 g/mol. The van der Waals surface area contributed by atoms with Gasteiger partial charge in [0, 0.05) is 35.6 Å². The van der Waals surface area contributed by atoms with Crippen molar-refractivity contribution in [2.24, 2.45) is 0 Å². The lowest BCUT2D eigenvalue weighted by molar-refractivity contribution is 0.199. The maximum Gasteiger partial charge on any atom is 0.146 e. The van der Waals surface area contributed by atoms with Crippen LogP contribution in [-0.2, 0) is 6.61 Å². The van der Waals surface area contributed by atoms with E-state index in [1.165, 1.54) is 12.7 Å². The number of nitrogen functional groups attached to an aromatic ring is 2. The first kappa shape index (κ1) is 41.0. The van der Waals surface area contributed by atoms with E-state index in [1.807, 2.05) is 48.5 Å². The number of hydrogen-bond acceptors (Lipinski definition) is 10. The predicted octanol–water partition coefficient (Wildman–Crippen LogP) is 11.0. The van der Waals surface area contributed by atoms with Crippen molar-refractivity contribution in [3.8, 4) is 45.3 Å². The Morgan fingerprint density at radius 2 is 1.05 bits per heavy atom. The van der Waals surface area contributed by atoms with Crippen molar-refractivity contribution in [2.45, 2.75) is 59.4 Å².